The van der Waals surface area contributed by atoms with Crippen molar-refractivity contribution < 1.29 is 4.79 Å². The van der Waals surface area contributed by atoms with Crippen LogP contribution in [0.25, 0.3) is 0 Å². The Hall–Kier alpha value is -1.16. The summed E-state index contributed by atoms with van der Waals surface area (Å²) < 4.78 is 1.38. The minimum absolute atomic E-state index is 0.157. The first-order valence-electron chi connectivity index (χ1n) is 3.33. The van der Waals surface area contributed by atoms with Crippen molar-refractivity contribution in [3.63, 3.8) is 0 Å². The van der Waals surface area contributed by atoms with Crippen LogP contribution >= 0.6 is 0 Å². The molecule has 0 radical (unpaired) electrons. The van der Waals surface area contributed by atoms with Gasteiger partial charge in [0, 0.05) is 12.4 Å². The van der Waals surface area contributed by atoms with Crippen LogP contribution in [0, 0.1) is 0 Å². The van der Waals surface area contributed by atoms with Gasteiger partial charge in [0.05, 0.1) is 5.54 Å². The van der Waals surface area contributed by atoms with Gasteiger partial charge < -0.3 is 5.73 Å². The Labute approximate surface area is 65.0 Å². The summed E-state index contributed by atoms with van der Waals surface area (Å²) in [4.78, 5) is 15.1. The molecule has 1 rings (SSSR count). The summed E-state index contributed by atoms with van der Waals surface area (Å²) in [7, 11) is 0. The van der Waals surface area contributed by atoms with Crippen molar-refractivity contribution in [1.29, 1.82) is 0 Å². The van der Waals surface area contributed by atoms with Gasteiger partial charge in [0.1, 0.15) is 6.33 Å². The van der Waals surface area contributed by atoms with Crippen molar-refractivity contribution in [3.05, 3.63) is 18.7 Å². The Morgan fingerprint density at radius 1 is 1.64 bits per heavy atom. The number of rotatable bonds is 1. The lowest BCUT2D eigenvalue weighted by Crippen LogP contribution is -2.44. The third-order valence-corrected chi connectivity index (χ3v) is 1.29. The molecule has 0 bridgehead atoms. The predicted octanol–water partition coefficient (Wildman–Crippen LogP) is 0.261. The topological polar surface area (TPSA) is 60.9 Å². The van der Waals surface area contributed by atoms with Crippen LogP contribution in [0.2, 0.25) is 0 Å². The standard InChI is InChI=1S/C7H11N3O/c1-7(2,8)6(11)10-4-3-9-5-10/h3-5H,8H2,1-2H3. The molecule has 0 aromatic carbocycles. The number of carbonyl (C=O) groups excluding carboxylic acids is 1. The Morgan fingerprint density at radius 3 is 2.64 bits per heavy atom. The van der Waals surface area contributed by atoms with Gasteiger partial charge in [-0.05, 0) is 13.8 Å². The van der Waals surface area contributed by atoms with Crippen LogP contribution in [-0.4, -0.2) is 21.0 Å². The Morgan fingerprint density at radius 2 is 2.27 bits per heavy atom. The monoisotopic (exact) mass is 153 g/mol. The molecule has 0 saturated heterocycles. The van der Waals surface area contributed by atoms with Gasteiger partial charge in [0.2, 0.25) is 0 Å². The molecule has 0 spiro atoms. The Balaban J connectivity index is 2.88. The lowest BCUT2D eigenvalue weighted by atomic mass is 10.1. The molecule has 0 fully saturated rings. The summed E-state index contributed by atoms with van der Waals surface area (Å²) in [5.41, 5.74) is 4.74. The highest BCUT2D eigenvalue weighted by atomic mass is 16.2. The molecular formula is C7H11N3O. The third-order valence-electron chi connectivity index (χ3n) is 1.29. The van der Waals surface area contributed by atoms with Gasteiger partial charge in [-0.3, -0.25) is 9.36 Å². The van der Waals surface area contributed by atoms with Crippen molar-refractivity contribution in [3.8, 4) is 0 Å². The highest BCUT2D eigenvalue weighted by molar-refractivity contribution is 5.87. The first kappa shape index (κ1) is 7.94. The average molecular weight is 153 g/mol. The van der Waals surface area contributed by atoms with Crippen LogP contribution in [-0.2, 0) is 0 Å². The Kier molecular flexibility index (Phi) is 1.78. The molecule has 0 aliphatic heterocycles. The van der Waals surface area contributed by atoms with E-state index in [1.807, 2.05) is 0 Å². The zero-order valence-electron chi connectivity index (χ0n) is 6.61. The fourth-order valence-corrected chi connectivity index (χ4v) is 0.712. The van der Waals surface area contributed by atoms with Crippen LogP contribution in [0.5, 0.6) is 0 Å². The molecule has 0 aliphatic rings. The largest absolute Gasteiger partial charge is 0.318 e. The highest BCUT2D eigenvalue weighted by Crippen LogP contribution is 2.01. The molecule has 0 aliphatic carbocycles. The van der Waals surface area contributed by atoms with Crippen LogP contribution in [0.3, 0.4) is 0 Å². The van der Waals surface area contributed by atoms with Gasteiger partial charge >= 0.3 is 0 Å². The second kappa shape index (κ2) is 2.47. The van der Waals surface area contributed by atoms with Crippen LogP contribution in [0.1, 0.15) is 18.6 Å². The number of carbonyl (C=O) groups is 1. The molecule has 2 N–H and O–H groups in total. The minimum Gasteiger partial charge on any atom is -0.318 e. The van der Waals surface area contributed by atoms with Crippen LogP contribution in [0.15, 0.2) is 18.7 Å². The lowest BCUT2D eigenvalue weighted by Gasteiger charge is -2.16. The summed E-state index contributed by atoms with van der Waals surface area (Å²) in [6, 6.07) is 0. The van der Waals surface area contributed by atoms with E-state index in [2.05, 4.69) is 4.98 Å². The van der Waals surface area contributed by atoms with E-state index in [1.165, 1.54) is 10.9 Å². The molecule has 0 unspecified atom stereocenters. The number of imidazole rings is 1. The van der Waals surface area contributed by atoms with Gasteiger partial charge in [0.15, 0.2) is 0 Å². The fourth-order valence-electron chi connectivity index (χ4n) is 0.712. The van der Waals surface area contributed by atoms with Crippen molar-refractivity contribution in [2.45, 2.75) is 19.4 Å². The second-order valence-corrected chi connectivity index (χ2v) is 3.00. The van der Waals surface area contributed by atoms with Crippen molar-refractivity contribution in [1.82, 2.24) is 9.55 Å². The summed E-state index contributed by atoms with van der Waals surface area (Å²) in [5.74, 6) is -0.157. The van der Waals surface area contributed by atoms with Gasteiger partial charge in [-0.2, -0.15) is 0 Å². The molecule has 11 heavy (non-hydrogen) atoms. The molecule has 60 valence electrons. The van der Waals surface area contributed by atoms with E-state index >= 15 is 0 Å². The smallest absolute Gasteiger partial charge is 0.251 e. The summed E-state index contributed by atoms with van der Waals surface area (Å²) in [5, 5.41) is 0. The van der Waals surface area contributed by atoms with Gasteiger partial charge in [-0.1, -0.05) is 0 Å². The highest BCUT2D eigenvalue weighted by Gasteiger charge is 2.22. The molecule has 4 nitrogen and oxygen atoms in total. The van der Waals surface area contributed by atoms with Gasteiger partial charge in [-0.15, -0.1) is 0 Å². The predicted molar refractivity (Wildman–Crippen MR) is 41.1 cm³/mol. The van der Waals surface area contributed by atoms with E-state index in [0.717, 1.165) is 0 Å². The summed E-state index contributed by atoms with van der Waals surface area (Å²) >= 11 is 0. The number of hydrogen-bond acceptors (Lipinski definition) is 3. The third kappa shape index (κ3) is 1.65. The molecule has 4 heteroatoms. The Bertz CT molecular complexity index is 245. The van der Waals surface area contributed by atoms with E-state index in [4.69, 9.17) is 5.73 Å². The van der Waals surface area contributed by atoms with Crippen molar-refractivity contribution in [2.75, 3.05) is 0 Å². The molecule has 1 aromatic rings. The number of nitrogens with two attached hydrogens (primary N) is 1. The molecular weight excluding hydrogens is 142 g/mol. The zero-order valence-corrected chi connectivity index (χ0v) is 6.61. The quantitative estimate of drug-likeness (QED) is 0.629. The van der Waals surface area contributed by atoms with E-state index in [1.54, 1.807) is 26.2 Å². The average Bonchev–Trinajstić information content (AvgIpc) is 2.34. The normalized spacial score (nSPS) is 11.5. The first-order chi connectivity index (χ1) is 5.02. The van der Waals surface area contributed by atoms with E-state index < -0.39 is 5.54 Å². The maximum atomic E-state index is 11.3. The molecule has 0 saturated carbocycles. The maximum Gasteiger partial charge on any atom is 0.251 e. The number of aromatic nitrogens is 2. The summed E-state index contributed by atoms with van der Waals surface area (Å²) in [6.07, 6.45) is 4.57. The van der Waals surface area contributed by atoms with Crippen molar-refractivity contribution in [2.24, 2.45) is 5.73 Å². The first-order valence-corrected chi connectivity index (χ1v) is 3.33. The zero-order chi connectivity index (χ0) is 8.48. The number of nitrogens with zero attached hydrogens (tertiary/aromatic N) is 2. The maximum absolute atomic E-state index is 11.3. The van der Waals surface area contributed by atoms with Gasteiger partial charge in [-0.25, -0.2) is 4.98 Å². The van der Waals surface area contributed by atoms with Gasteiger partial charge in [0.25, 0.3) is 5.91 Å². The molecule has 1 aromatic heterocycles. The molecule has 1 heterocycles. The van der Waals surface area contributed by atoms with E-state index in [-0.39, 0.29) is 5.91 Å². The molecule has 0 atom stereocenters. The van der Waals surface area contributed by atoms with E-state index in [9.17, 15) is 4.79 Å². The number of hydrogen-bond donors (Lipinski definition) is 1. The lowest BCUT2D eigenvalue weighted by molar-refractivity contribution is 0.0827. The minimum atomic E-state index is -0.833. The second-order valence-electron chi connectivity index (χ2n) is 3.00. The van der Waals surface area contributed by atoms with Crippen LogP contribution in [0.4, 0.5) is 0 Å². The van der Waals surface area contributed by atoms with Crippen molar-refractivity contribution >= 4 is 5.91 Å². The van der Waals surface area contributed by atoms with Crippen LogP contribution < -0.4 is 5.73 Å². The fraction of sp³-hybridized carbons (Fsp3) is 0.429. The van der Waals surface area contributed by atoms with E-state index in [0.29, 0.717) is 0 Å². The summed E-state index contributed by atoms with van der Waals surface area (Å²) in [6.45, 7) is 3.32. The molecule has 0 amide bonds. The SMILES string of the molecule is CC(C)(N)C(=O)n1ccnc1.